The molecule has 1 N–H and O–H groups in total. The smallest absolute Gasteiger partial charge is 0.230 e. The third-order valence-corrected chi connectivity index (χ3v) is 5.71. The molecule has 7 heteroatoms. The number of benzene rings is 2. The molecular weight excluding hydrogens is 399 g/mol. The molecule has 1 unspecified atom stereocenters. The highest BCUT2D eigenvalue weighted by Crippen LogP contribution is 2.27. The Kier molecular flexibility index (Phi) is 7.26. The Morgan fingerprint density at radius 3 is 2.50 bits per heavy atom. The van der Waals surface area contributed by atoms with E-state index in [0.29, 0.717) is 29.0 Å². The van der Waals surface area contributed by atoms with Crippen LogP contribution in [0.2, 0.25) is 0 Å². The fourth-order valence-corrected chi connectivity index (χ4v) is 4.09. The van der Waals surface area contributed by atoms with E-state index in [1.165, 1.54) is 17.8 Å². The molecule has 1 heterocycles. The highest BCUT2D eigenvalue weighted by molar-refractivity contribution is 7.99. The number of amides is 1. The van der Waals surface area contributed by atoms with E-state index in [4.69, 9.17) is 0 Å². The quantitative estimate of drug-likeness (QED) is 0.514. The number of aromatic nitrogens is 3. The molecular formula is C23H27FN4OS. The maximum absolute atomic E-state index is 14.3. The van der Waals surface area contributed by atoms with Crippen molar-refractivity contribution >= 4 is 17.7 Å². The maximum atomic E-state index is 14.3. The van der Waals surface area contributed by atoms with E-state index in [0.717, 1.165) is 11.1 Å². The van der Waals surface area contributed by atoms with Crippen molar-refractivity contribution in [2.24, 2.45) is 5.92 Å². The second kappa shape index (κ2) is 9.89. The first-order valence-corrected chi connectivity index (χ1v) is 11.0. The Hall–Kier alpha value is -2.67. The minimum Gasteiger partial charge on any atom is -0.349 e. The van der Waals surface area contributed by atoms with E-state index in [1.807, 2.05) is 42.7 Å². The zero-order chi connectivity index (χ0) is 21.7. The molecule has 0 aliphatic rings. The van der Waals surface area contributed by atoms with Crippen LogP contribution in [0.3, 0.4) is 0 Å². The summed E-state index contributed by atoms with van der Waals surface area (Å²) in [5.41, 5.74) is 2.65. The van der Waals surface area contributed by atoms with Gasteiger partial charge in [0.25, 0.3) is 0 Å². The fourth-order valence-electron chi connectivity index (χ4n) is 3.33. The minimum absolute atomic E-state index is 0.0812. The van der Waals surface area contributed by atoms with Crippen molar-refractivity contribution in [2.75, 3.05) is 5.75 Å². The van der Waals surface area contributed by atoms with Crippen molar-refractivity contribution in [1.29, 1.82) is 0 Å². The van der Waals surface area contributed by atoms with Gasteiger partial charge in [-0.3, -0.25) is 4.79 Å². The lowest BCUT2D eigenvalue weighted by Crippen LogP contribution is -2.28. The number of aryl methyl sites for hydroxylation is 1. The van der Waals surface area contributed by atoms with Gasteiger partial charge in [0.05, 0.1) is 17.4 Å². The summed E-state index contributed by atoms with van der Waals surface area (Å²) in [4.78, 5) is 12.5. The number of carbonyl (C=O) groups excluding carboxylic acids is 1. The minimum atomic E-state index is -0.337. The lowest BCUT2D eigenvalue weighted by atomic mass is 10.0. The average molecular weight is 427 g/mol. The number of nitrogens with zero attached hydrogens (tertiary/aromatic N) is 3. The van der Waals surface area contributed by atoms with Crippen molar-refractivity contribution in [3.8, 4) is 11.4 Å². The molecule has 0 aliphatic carbocycles. The zero-order valence-corrected chi connectivity index (χ0v) is 18.5. The van der Waals surface area contributed by atoms with E-state index >= 15 is 0 Å². The second-order valence-corrected chi connectivity index (χ2v) is 8.67. The summed E-state index contributed by atoms with van der Waals surface area (Å²) in [6.07, 6.45) is 0. The van der Waals surface area contributed by atoms with Crippen LogP contribution in [0.15, 0.2) is 53.7 Å². The van der Waals surface area contributed by atoms with Crippen molar-refractivity contribution in [2.45, 2.75) is 45.4 Å². The number of rotatable bonds is 8. The molecule has 3 rings (SSSR count). The van der Waals surface area contributed by atoms with Crippen LogP contribution in [0.5, 0.6) is 0 Å². The lowest BCUT2D eigenvalue weighted by molar-refractivity contribution is -0.119. The molecule has 0 bridgehead atoms. The zero-order valence-electron chi connectivity index (χ0n) is 17.7. The van der Waals surface area contributed by atoms with E-state index < -0.39 is 0 Å². The first kappa shape index (κ1) is 22.0. The molecule has 0 saturated carbocycles. The first-order valence-electron chi connectivity index (χ1n) is 10.0. The van der Waals surface area contributed by atoms with E-state index in [9.17, 15) is 9.18 Å². The van der Waals surface area contributed by atoms with Crippen LogP contribution in [0, 0.1) is 18.7 Å². The summed E-state index contributed by atoms with van der Waals surface area (Å²) in [6.45, 7) is 8.81. The van der Waals surface area contributed by atoms with Gasteiger partial charge in [-0.25, -0.2) is 4.39 Å². The fraction of sp³-hybridized carbons (Fsp3) is 0.348. The maximum Gasteiger partial charge on any atom is 0.230 e. The molecule has 2 aromatic carbocycles. The molecule has 0 fully saturated rings. The summed E-state index contributed by atoms with van der Waals surface area (Å²) >= 11 is 1.31. The van der Waals surface area contributed by atoms with Crippen LogP contribution in [-0.4, -0.2) is 26.4 Å². The Morgan fingerprint density at radius 2 is 1.80 bits per heavy atom. The molecule has 0 radical (unpaired) electrons. The van der Waals surface area contributed by atoms with Gasteiger partial charge in [0, 0.05) is 6.54 Å². The van der Waals surface area contributed by atoms with Gasteiger partial charge in [-0.15, -0.1) is 10.2 Å². The SMILES string of the molecule is Cc1ccccc1C(C)NC(=O)CSc1nnc(-c2ccccc2F)n1CC(C)C. The highest BCUT2D eigenvalue weighted by Gasteiger charge is 2.19. The largest absolute Gasteiger partial charge is 0.349 e. The standard InChI is InChI=1S/C23H27FN4OS/c1-15(2)13-28-22(19-11-7-8-12-20(19)24)26-27-23(28)30-14-21(29)25-17(4)18-10-6-5-9-16(18)3/h5-12,15,17H,13-14H2,1-4H3,(H,25,29). The molecule has 0 aliphatic heterocycles. The van der Waals surface area contributed by atoms with Gasteiger partial charge in [-0.1, -0.05) is 62.0 Å². The first-order chi connectivity index (χ1) is 14.4. The van der Waals surface area contributed by atoms with E-state index in [1.54, 1.807) is 18.2 Å². The predicted molar refractivity (Wildman–Crippen MR) is 119 cm³/mol. The van der Waals surface area contributed by atoms with Crippen LogP contribution < -0.4 is 5.32 Å². The molecule has 158 valence electrons. The number of halogens is 1. The van der Waals surface area contributed by atoms with Crippen molar-refractivity contribution in [3.63, 3.8) is 0 Å². The van der Waals surface area contributed by atoms with Gasteiger partial charge in [-0.05, 0) is 43.0 Å². The van der Waals surface area contributed by atoms with Gasteiger partial charge < -0.3 is 9.88 Å². The Morgan fingerprint density at radius 1 is 1.10 bits per heavy atom. The summed E-state index contributed by atoms with van der Waals surface area (Å²) in [5.74, 6) is 0.598. The van der Waals surface area contributed by atoms with Crippen molar-refractivity contribution in [1.82, 2.24) is 20.1 Å². The van der Waals surface area contributed by atoms with Crippen LogP contribution in [0.25, 0.3) is 11.4 Å². The molecule has 30 heavy (non-hydrogen) atoms. The topological polar surface area (TPSA) is 59.8 Å². The molecule has 3 aromatic rings. The Bertz CT molecular complexity index is 1020. The number of thioether (sulfide) groups is 1. The van der Waals surface area contributed by atoms with Gasteiger partial charge in [0.2, 0.25) is 5.91 Å². The monoisotopic (exact) mass is 426 g/mol. The number of nitrogens with one attached hydrogen (secondary N) is 1. The number of hydrogen-bond acceptors (Lipinski definition) is 4. The summed E-state index contributed by atoms with van der Waals surface area (Å²) in [7, 11) is 0. The van der Waals surface area contributed by atoms with Crippen LogP contribution in [0.4, 0.5) is 4.39 Å². The van der Waals surface area contributed by atoms with Crippen LogP contribution in [0.1, 0.15) is 37.9 Å². The number of carbonyl (C=O) groups is 1. The summed E-state index contributed by atoms with van der Waals surface area (Å²) in [5, 5.41) is 12.1. The van der Waals surface area contributed by atoms with Gasteiger partial charge >= 0.3 is 0 Å². The molecule has 5 nitrogen and oxygen atoms in total. The normalized spacial score (nSPS) is 12.2. The Balaban J connectivity index is 1.72. The summed E-state index contributed by atoms with van der Waals surface area (Å²) in [6, 6.07) is 14.5. The van der Waals surface area contributed by atoms with Crippen molar-refractivity contribution in [3.05, 3.63) is 65.5 Å². The van der Waals surface area contributed by atoms with E-state index in [2.05, 4.69) is 29.4 Å². The van der Waals surface area contributed by atoms with Crippen molar-refractivity contribution < 1.29 is 9.18 Å². The molecule has 0 spiro atoms. The molecule has 1 amide bonds. The van der Waals surface area contributed by atoms with Crippen LogP contribution >= 0.6 is 11.8 Å². The van der Waals surface area contributed by atoms with E-state index in [-0.39, 0.29) is 23.5 Å². The molecule has 0 saturated heterocycles. The number of hydrogen-bond donors (Lipinski definition) is 1. The lowest BCUT2D eigenvalue weighted by Gasteiger charge is -2.16. The van der Waals surface area contributed by atoms with Gasteiger partial charge in [-0.2, -0.15) is 0 Å². The van der Waals surface area contributed by atoms with Gasteiger partial charge in [0.1, 0.15) is 5.82 Å². The molecule has 1 aromatic heterocycles. The summed E-state index contributed by atoms with van der Waals surface area (Å²) < 4.78 is 16.2. The molecule has 1 atom stereocenters. The van der Waals surface area contributed by atoms with Gasteiger partial charge in [0.15, 0.2) is 11.0 Å². The third-order valence-electron chi connectivity index (χ3n) is 4.74. The second-order valence-electron chi connectivity index (χ2n) is 7.72. The Labute approximate surface area is 181 Å². The predicted octanol–water partition coefficient (Wildman–Crippen LogP) is 5.02. The highest BCUT2D eigenvalue weighted by atomic mass is 32.2. The average Bonchev–Trinajstić information content (AvgIpc) is 3.08. The third kappa shape index (κ3) is 5.27. The van der Waals surface area contributed by atoms with Crippen LogP contribution in [-0.2, 0) is 11.3 Å².